The molecule has 1 heterocycles. The summed E-state index contributed by atoms with van der Waals surface area (Å²) in [5, 5.41) is 20.2. The Bertz CT molecular complexity index is 1060. The van der Waals surface area contributed by atoms with Crippen LogP contribution in [-0.4, -0.2) is 36.2 Å². The van der Waals surface area contributed by atoms with E-state index in [-0.39, 0.29) is 28.2 Å². The molecule has 138 valence electrons. The topological polar surface area (TPSA) is 106 Å². The number of ketones is 1. The van der Waals surface area contributed by atoms with E-state index in [0.717, 1.165) is 0 Å². The number of carboxylic acid groups (broad SMARTS) is 1. The number of benzene rings is 2. The van der Waals surface area contributed by atoms with Gasteiger partial charge in [-0.2, -0.15) is 0 Å². The summed E-state index contributed by atoms with van der Waals surface area (Å²) in [4.78, 5) is 24.1. The zero-order valence-corrected chi connectivity index (χ0v) is 14.6. The first kappa shape index (κ1) is 18.1. The summed E-state index contributed by atoms with van der Waals surface area (Å²) in [6.07, 6.45) is 3.93. The molecule has 0 bridgehead atoms. The Morgan fingerprint density at radius 1 is 1.07 bits per heavy atom. The molecule has 7 nitrogen and oxygen atoms in total. The van der Waals surface area contributed by atoms with E-state index in [1.165, 1.54) is 38.7 Å². The molecule has 0 radical (unpaired) electrons. The van der Waals surface area contributed by atoms with Gasteiger partial charge in [-0.15, -0.1) is 0 Å². The highest BCUT2D eigenvalue weighted by atomic mass is 16.5. The molecule has 0 fully saturated rings. The summed E-state index contributed by atoms with van der Waals surface area (Å²) in [7, 11) is 2.71. The Hall–Kier alpha value is -3.74. The van der Waals surface area contributed by atoms with Crippen LogP contribution in [0.5, 0.6) is 17.2 Å². The zero-order chi connectivity index (χ0) is 19.6. The van der Waals surface area contributed by atoms with Gasteiger partial charge < -0.3 is 24.1 Å². The van der Waals surface area contributed by atoms with E-state index in [0.29, 0.717) is 10.9 Å². The van der Waals surface area contributed by atoms with Gasteiger partial charge in [-0.3, -0.25) is 4.79 Å². The normalized spacial score (nSPS) is 11.0. The molecule has 3 aromatic rings. The lowest BCUT2D eigenvalue weighted by Crippen LogP contribution is -2.03. The van der Waals surface area contributed by atoms with Gasteiger partial charge in [0.1, 0.15) is 11.3 Å². The molecule has 0 aliphatic rings. The summed E-state index contributed by atoms with van der Waals surface area (Å²) in [6.45, 7) is 0. The van der Waals surface area contributed by atoms with E-state index < -0.39 is 17.5 Å². The van der Waals surface area contributed by atoms with Crippen LogP contribution in [0.15, 0.2) is 47.1 Å². The second kappa shape index (κ2) is 7.25. The summed E-state index contributed by atoms with van der Waals surface area (Å²) in [5.74, 6) is -1.95. The number of methoxy groups -OCH3 is 2. The number of carboxylic acids is 1. The van der Waals surface area contributed by atoms with Crippen molar-refractivity contribution in [2.45, 2.75) is 0 Å². The van der Waals surface area contributed by atoms with E-state index in [1.54, 1.807) is 24.3 Å². The lowest BCUT2D eigenvalue weighted by Gasteiger charge is -2.13. The van der Waals surface area contributed by atoms with Crippen LogP contribution in [0, 0.1) is 0 Å². The maximum absolute atomic E-state index is 12.8. The summed E-state index contributed by atoms with van der Waals surface area (Å²) in [6, 6.07) is 7.86. The zero-order valence-electron chi connectivity index (χ0n) is 14.6. The van der Waals surface area contributed by atoms with Gasteiger partial charge in [0, 0.05) is 0 Å². The molecular weight excluding hydrogens is 352 g/mol. The number of hydrogen-bond donors (Lipinski definition) is 2. The number of phenolic OH excluding ortho intramolecular Hbond substituents is 1. The second-order valence-electron chi connectivity index (χ2n) is 5.54. The van der Waals surface area contributed by atoms with Crippen LogP contribution >= 0.6 is 0 Å². The average molecular weight is 368 g/mol. The maximum atomic E-state index is 12.8. The fraction of sp³-hybridized carbons (Fsp3) is 0.100. The Kier molecular flexibility index (Phi) is 4.85. The van der Waals surface area contributed by atoms with Crippen molar-refractivity contribution in [3.63, 3.8) is 0 Å². The van der Waals surface area contributed by atoms with Crippen molar-refractivity contribution in [3.05, 3.63) is 59.4 Å². The molecule has 1 aromatic heterocycles. The Labute approximate surface area is 154 Å². The maximum Gasteiger partial charge on any atom is 0.336 e. The highest BCUT2D eigenvalue weighted by molar-refractivity contribution is 6.15. The van der Waals surface area contributed by atoms with Crippen molar-refractivity contribution in [1.29, 1.82) is 0 Å². The molecule has 2 aromatic carbocycles. The number of aromatic carboxylic acids is 1. The summed E-state index contributed by atoms with van der Waals surface area (Å²) >= 11 is 0. The molecule has 2 N–H and O–H groups in total. The van der Waals surface area contributed by atoms with Crippen molar-refractivity contribution in [2.24, 2.45) is 0 Å². The number of furan rings is 1. The number of allylic oxidation sites excluding steroid dienone is 1. The van der Waals surface area contributed by atoms with E-state index in [2.05, 4.69) is 0 Å². The standard InChI is InChI=1S/C20H16O7/c1-25-17-13-9-10-27-18(13)19(26-2)16(22)15(17)14(21)8-7-11-5-3-4-6-12(11)20(23)24/h3-10,22H,1-2H3,(H,23,24)/b8-7+. The Morgan fingerprint density at radius 3 is 2.44 bits per heavy atom. The number of phenols is 1. The van der Waals surface area contributed by atoms with Gasteiger partial charge in [0.05, 0.1) is 31.4 Å². The smallest absolute Gasteiger partial charge is 0.336 e. The molecule has 27 heavy (non-hydrogen) atoms. The number of rotatable bonds is 6. The third kappa shape index (κ3) is 3.10. The first-order valence-electron chi connectivity index (χ1n) is 7.88. The number of carbonyl (C=O) groups is 2. The van der Waals surface area contributed by atoms with Crippen LogP contribution in [0.2, 0.25) is 0 Å². The first-order valence-corrected chi connectivity index (χ1v) is 7.88. The predicted molar refractivity (Wildman–Crippen MR) is 97.7 cm³/mol. The molecule has 0 unspecified atom stereocenters. The monoisotopic (exact) mass is 368 g/mol. The van der Waals surface area contributed by atoms with Crippen molar-refractivity contribution in [3.8, 4) is 17.2 Å². The summed E-state index contributed by atoms with van der Waals surface area (Å²) < 4.78 is 15.8. The van der Waals surface area contributed by atoms with Crippen molar-refractivity contribution in [1.82, 2.24) is 0 Å². The minimum absolute atomic E-state index is 0.0125. The first-order chi connectivity index (χ1) is 13.0. The van der Waals surface area contributed by atoms with Crippen molar-refractivity contribution < 1.29 is 33.7 Å². The molecule has 0 amide bonds. The Balaban J connectivity index is 2.11. The van der Waals surface area contributed by atoms with Crippen LogP contribution in [0.25, 0.3) is 17.0 Å². The number of fused-ring (bicyclic) bond motifs is 1. The van der Waals surface area contributed by atoms with E-state index >= 15 is 0 Å². The summed E-state index contributed by atoms with van der Waals surface area (Å²) in [5.41, 5.74) is 0.560. The molecule has 0 saturated carbocycles. The van der Waals surface area contributed by atoms with Gasteiger partial charge in [-0.1, -0.05) is 24.3 Å². The number of carbonyl (C=O) groups excluding carboxylic acids is 1. The number of aromatic hydroxyl groups is 1. The third-order valence-electron chi connectivity index (χ3n) is 4.06. The molecule has 0 atom stereocenters. The minimum Gasteiger partial charge on any atom is -0.504 e. The van der Waals surface area contributed by atoms with Crippen LogP contribution in [0.3, 0.4) is 0 Å². The molecule has 0 spiro atoms. The molecular formula is C20H16O7. The molecule has 0 aliphatic heterocycles. The van der Waals surface area contributed by atoms with Crippen molar-refractivity contribution in [2.75, 3.05) is 14.2 Å². The fourth-order valence-corrected chi connectivity index (χ4v) is 2.84. The van der Waals surface area contributed by atoms with Crippen LogP contribution in [-0.2, 0) is 0 Å². The SMILES string of the molecule is COc1c(C(=O)/C=C/c2ccccc2C(=O)O)c(O)c(OC)c2occc12. The van der Waals surface area contributed by atoms with Gasteiger partial charge in [0.25, 0.3) is 0 Å². The van der Waals surface area contributed by atoms with Gasteiger partial charge >= 0.3 is 5.97 Å². The molecule has 0 aliphatic carbocycles. The molecule has 7 heteroatoms. The minimum atomic E-state index is -1.11. The van der Waals surface area contributed by atoms with Crippen LogP contribution < -0.4 is 9.47 Å². The lowest BCUT2D eigenvalue weighted by atomic mass is 10.0. The van der Waals surface area contributed by atoms with E-state index in [1.807, 2.05) is 0 Å². The van der Waals surface area contributed by atoms with E-state index in [9.17, 15) is 19.8 Å². The third-order valence-corrected chi connectivity index (χ3v) is 4.06. The lowest BCUT2D eigenvalue weighted by molar-refractivity contribution is 0.0696. The number of ether oxygens (including phenoxy) is 2. The van der Waals surface area contributed by atoms with E-state index in [4.69, 9.17) is 13.9 Å². The highest BCUT2D eigenvalue weighted by Gasteiger charge is 2.26. The van der Waals surface area contributed by atoms with Crippen LogP contribution in [0.4, 0.5) is 0 Å². The largest absolute Gasteiger partial charge is 0.504 e. The van der Waals surface area contributed by atoms with Gasteiger partial charge in [0.2, 0.25) is 5.75 Å². The van der Waals surface area contributed by atoms with Gasteiger partial charge in [0.15, 0.2) is 17.1 Å². The highest BCUT2D eigenvalue weighted by Crippen LogP contribution is 2.45. The predicted octanol–water partition coefficient (Wildman–Crippen LogP) is 3.75. The Morgan fingerprint density at radius 2 is 1.78 bits per heavy atom. The quantitative estimate of drug-likeness (QED) is 0.504. The second-order valence-corrected chi connectivity index (χ2v) is 5.54. The average Bonchev–Trinajstić information content (AvgIpc) is 3.14. The van der Waals surface area contributed by atoms with Crippen molar-refractivity contribution >= 4 is 28.8 Å². The van der Waals surface area contributed by atoms with Gasteiger partial charge in [-0.05, 0) is 23.8 Å². The fourth-order valence-electron chi connectivity index (χ4n) is 2.84. The van der Waals surface area contributed by atoms with Gasteiger partial charge in [-0.25, -0.2) is 4.79 Å². The van der Waals surface area contributed by atoms with Crippen LogP contribution in [0.1, 0.15) is 26.3 Å². The number of hydrogen-bond acceptors (Lipinski definition) is 6. The molecule has 3 rings (SSSR count). The molecule has 0 saturated heterocycles.